The predicted octanol–water partition coefficient (Wildman–Crippen LogP) is 2.39. The number of methoxy groups -OCH3 is 1. The van der Waals surface area contributed by atoms with Crippen LogP contribution in [-0.4, -0.2) is 35.5 Å². The summed E-state index contributed by atoms with van der Waals surface area (Å²) in [5.74, 6) is -0.626. The van der Waals surface area contributed by atoms with Gasteiger partial charge in [0.2, 0.25) is 5.91 Å². The second-order valence-corrected chi connectivity index (χ2v) is 5.34. The van der Waals surface area contributed by atoms with Gasteiger partial charge in [-0.1, -0.05) is 12.1 Å². The number of hydrogen-bond donors (Lipinski definition) is 1. The average Bonchev–Trinajstić information content (AvgIpc) is 2.46. The van der Waals surface area contributed by atoms with E-state index < -0.39 is 17.9 Å². The standard InChI is InChI=1S/C16H21NO4/c1-4-17-14(18)8-6-12(16(19)20)15(17)11-5-7-13(21-3)10(2)9-11/h5,7,9,12,15H,4,6,8H2,1-3H3,(H,19,20). The van der Waals surface area contributed by atoms with Gasteiger partial charge in [0.05, 0.1) is 19.1 Å². The van der Waals surface area contributed by atoms with Gasteiger partial charge in [-0.25, -0.2) is 0 Å². The molecule has 0 aromatic heterocycles. The molecule has 114 valence electrons. The maximum absolute atomic E-state index is 12.1. The zero-order valence-corrected chi connectivity index (χ0v) is 12.6. The molecule has 1 saturated heterocycles. The van der Waals surface area contributed by atoms with Gasteiger partial charge < -0.3 is 14.7 Å². The summed E-state index contributed by atoms with van der Waals surface area (Å²) in [6.45, 7) is 4.31. The molecular formula is C16H21NO4. The highest BCUT2D eigenvalue weighted by Crippen LogP contribution is 2.38. The minimum absolute atomic E-state index is 0.0217. The van der Waals surface area contributed by atoms with E-state index in [4.69, 9.17) is 4.74 Å². The van der Waals surface area contributed by atoms with Crippen molar-refractivity contribution in [2.45, 2.75) is 32.7 Å². The lowest BCUT2D eigenvalue weighted by Crippen LogP contribution is -2.45. The lowest BCUT2D eigenvalue weighted by molar-refractivity contribution is -0.151. The normalized spacial score (nSPS) is 22.2. The van der Waals surface area contributed by atoms with Crippen molar-refractivity contribution in [2.75, 3.05) is 13.7 Å². The molecule has 5 nitrogen and oxygen atoms in total. The van der Waals surface area contributed by atoms with Crippen LogP contribution in [-0.2, 0) is 9.59 Å². The topological polar surface area (TPSA) is 66.8 Å². The van der Waals surface area contributed by atoms with Crippen LogP contribution in [0.15, 0.2) is 18.2 Å². The van der Waals surface area contributed by atoms with Gasteiger partial charge in [-0.3, -0.25) is 9.59 Å². The number of likely N-dealkylation sites (tertiary alicyclic amines) is 1. The van der Waals surface area contributed by atoms with Crippen LogP contribution in [0.5, 0.6) is 5.75 Å². The minimum atomic E-state index is -0.848. The molecule has 1 fully saturated rings. The number of carboxylic acids is 1. The summed E-state index contributed by atoms with van der Waals surface area (Å²) in [6, 6.07) is 5.20. The number of carbonyl (C=O) groups excluding carboxylic acids is 1. The summed E-state index contributed by atoms with van der Waals surface area (Å²) in [7, 11) is 1.60. The van der Waals surface area contributed by atoms with Crippen molar-refractivity contribution in [1.82, 2.24) is 4.90 Å². The van der Waals surface area contributed by atoms with E-state index in [9.17, 15) is 14.7 Å². The fourth-order valence-corrected chi connectivity index (χ4v) is 3.08. The molecule has 2 unspecified atom stereocenters. The summed E-state index contributed by atoms with van der Waals surface area (Å²) in [5.41, 5.74) is 1.80. The van der Waals surface area contributed by atoms with Crippen molar-refractivity contribution in [3.05, 3.63) is 29.3 Å². The monoisotopic (exact) mass is 291 g/mol. The van der Waals surface area contributed by atoms with Gasteiger partial charge >= 0.3 is 5.97 Å². The average molecular weight is 291 g/mol. The first-order chi connectivity index (χ1) is 9.99. The highest BCUT2D eigenvalue weighted by Gasteiger charge is 2.40. The Labute approximate surface area is 124 Å². The summed E-state index contributed by atoms with van der Waals surface area (Å²) < 4.78 is 5.24. The summed E-state index contributed by atoms with van der Waals surface area (Å²) in [6.07, 6.45) is 0.691. The Balaban J connectivity index is 2.45. The van der Waals surface area contributed by atoms with Crippen molar-refractivity contribution in [3.8, 4) is 5.75 Å². The van der Waals surface area contributed by atoms with Gasteiger partial charge in [0.15, 0.2) is 0 Å². The maximum Gasteiger partial charge on any atom is 0.308 e. The molecule has 21 heavy (non-hydrogen) atoms. The lowest BCUT2D eigenvalue weighted by atomic mass is 9.84. The molecule has 1 aromatic carbocycles. The Bertz CT molecular complexity index is 553. The molecule has 2 atom stereocenters. The third kappa shape index (κ3) is 2.86. The summed E-state index contributed by atoms with van der Waals surface area (Å²) in [5, 5.41) is 9.48. The Kier molecular flexibility index (Phi) is 4.50. The molecule has 5 heteroatoms. The quantitative estimate of drug-likeness (QED) is 0.925. The molecule has 1 aliphatic heterocycles. The van der Waals surface area contributed by atoms with Crippen LogP contribution in [0.2, 0.25) is 0 Å². The van der Waals surface area contributed by atoms with Crippen molar-refractivity contribution in [2.24, 2.45) is 5.92 Å². The number of nitrogens with zero attached hydrogens (tertiary/aromatic N) is 1. The molecule has 2 rings (SSSR count). The second-order valence-electron chi connectivity index (χ2n) is 5.34. The molecule has 1 aromatic rings. The van der Waals surface area contributed by atoms with Crippen molar-refractivity contribution in [1.29, 1.82) is 0 Å². The van der Waals surface area contributed by atoms with Crippen LogP contribution in [0, 0.1) is 12.8 Å². The van der Waals surface area contributed by atoms with Crippen molar-refractivity contribution >= 4 is 11.9 Å². The highest BCUT2D eigenvalue weighted by atomic mass is 16.5. The number of aliphatic carboxylic acids is 1. The molecule has 0 aliphatic carbocycles. The van der Waals surface area contributed by atoms with E-state index in [0.29, 0.717) is 19.4 Å². The molecule has 0 radical (unpaired) electrons. The third-order valence-corrected chi connectivity index (χ3v) is 4.12. The smallest absolute Gasteiger partial charge is 0.308 e. The first-order valence-electron chi connectivity index (χ1n) is 7.16. The fraction of sp³-hybridized carbons (Fsp3) is 0.500. The van der Waals surface area contributed by atoms with Crippen LogP contribution >= 0.6 is 0 Å². The Morgan fingerprint density at radius 1 is 1.48 bits per heavy atom. The number of carbonyl (C=O) groups is 2. The Morgan fingerprint density at radius 3 is 2.71 bits per heavy atom. The number of rotatable bonds is 4. The number of ether oxygens (including phenoxy) is 1. The molecule has 1 heterocycles. The fourth-order valence-electron chi connectivity index (χ4n) is 3.08. The van der Waals surface area contributed by atoms with Gasteiger partial charge in [0.1, 0.15) is 5.75 Å². The van der Waals surface area contributed by atoms with Gasteiger partial charge in [0, 0.05) is 13.0 Å². The summed E-state index contributed by atoms with van der Waals surface area (Å²) in [4.78, 5) is 25.3. The largest absolute Gasteiger partial charge is 0.496 e. The zero-order chi connectivity index (χ0) is 15.6. The SMILES string of the molecule is CCN1C(=O)CCC(C(=O)O)C1c1ccc(OC)c(C)c1. The number of carboxylic acid groups (broad SMARTS) is 1. The van der Waals surface area contributed by atoms with Gasteiger partial charge in [-0.05, 0) is 37.5 Å². The van der Waals surface area contributed by atoms with E-state index in [-0.39, 0.29) is 5.91 Å². The number of benzene rings is 1. The number of hydrogen-bond acceptors (Lipinski definition) is 3. The van der Waals surface area contributed by atoms with E-state index in [1.54, 1.807) is 12.0 Å². The van der Waals surface area contributed by atoms with E-state index in [1.165, 1.54) is 0 Å². The van der Waals surface area contributed by atoms with Gasteiger partial charge in [-0.2, -0.15) is 0 Å². The van der Waals surface area contributed by atoms with Gasteiger partial charge in [-0.15, -0.1) is 0 Å². The van der Waals surface area contributed by atoms with Crippen LogP contribution in [0.25, 0.3) is 0 Å². The van der Waals surface area contributed by atoms with E-state index in [2.05, 4.69) is 0 Å². The van der Waals surface area contributed by atoms with E-state index >= 15 is 0 Å². The molecule has 1 N–H and O–H groups in total. The van der Waals surface area contributed by atoms with Crippen LogP contribution in [0.3, 0.4) is 0 Å². The molecular weight excluding hydrogens is 270 g/mol. The first-order valence-corrected chi connectivity index (χ1v) is 7.16. The molecule has 0 saturated carbocycles. The number of amides is 1. The second kappa shape index (κ2) is 6.16. The minimum Gasteiger partial charge on any atom is -0.496 e. The molecule has 0 spiro atoms. The van der Waals surface area contributed by atoms with Gasteiger partial charge in [0.25, 0.3) is 0 Å². The van der Waals surface area contributed by atoms with Crippen LogP contribution < -0.4 is 4.74 Å². The highest BCUT2D eigenvalue weighted by molar-refractivity contribution is 5.81. The number of piperidine rings is 1. The van der Waals surface area contributed by atoms with Crippen LogP contribution in [0.4, 0.5) is 0 Å². The van der Waals surface area contributed by atoms with E-state index in [0.717, 1.165) is 16.9 Å². The third-order valence-electron chi connectivity index (χ3n) is 4.12. The Hall–Kier alpha value is -2.04. The first kappa shape index (κ1) is 15.4. The van der Waals surface area contributed by atoms with Crippen molar-refractivity contribution < 1.29 is 19.4 Å². The Morgan fingerprint density at radius 2 is 2.19 bits per heavy atom. The van der Waals surface area contributed by atoms with Crippen molar-refractivity contribution in [3.63, 3.8) is 0 Å². The van der Waals surface area contributed by atoms with Crippen LogP contribution in [0.1, 0.15) is 36.9 Å². The predicted molar refractivity (Wildman–Crippen MR) is 78.2 cm³/mol. The lowest BCUT2D eigenvalue weighted by Gasteiger charge is -2.39. The number of aryl methyl sites for hydroxylation is 1. The molecule has 1 aliphatic rings. The van der Waals surface area contributed by atoms with E-state index in [1.807, 2.05) is 32.0 Å². The zero-order valence-electron chi connectivity index (χ0n) is 12.6. The summed E-state index contributed by atoms with van der Waals surface area (Å²) >= 11 is 0. The molecule has 1 amide bonds. The maximum atomic E-state index is 12.1. The molecule has 0 bridgehead atoms.